The first-order valence-corrected chi connectivity index (χ1v) is 5.88. The number of rotatable bonds is 3. The Morgan fingerprint density at radius 3 is 2.73 bits per heavy atom. The van der Waals surface area contributed by atoms with Crippen LogP contribution in [0.15, 0.2) is 0 Å². The van der Waals surface area contributed by atoms with E-state index in [9.17, 15) is 4.79 Å². The Morgan fingerprint density at radius 1 is 1.40 bits per heavy atom. The van der Waals surface area contributed by atoms with Crippen LogP contribution in [0.3, 0.4) is 0 Å². The average molecular weight is 211 g/mol. The number of nitrogens with zero attached hydrogens (tertiary/aromatic N) is 2. The third kappa shape index (κ3) is 2.92. The van der Waals surface area contributed by atoms with Crippen LogP contribution in [0.2, 0.25) is 0 Å². The molecule has 1 unspecified atom stereocenters. The summed E-state index contributed by atoms with van der Waals surface area (Å²) < 4.78 is 0. The van der Waals surface area contributed by atoms with E-state index in [4.69, 9.17) is 0 Å². The molecule has 4 nitrogen and oxygen atoms in total. The van der Waals surface area contributed by atoms with Crippen molar-refractivity contribution in [2.75, 3.05) is 33.2 Å². The summed E-state index contributed by atoms with van der Waals surface area (Å²) in [5, 5.41) is 3.28. The largest absolute Gasteiger partial charge is 0.336 e. The van der Waals surface area contributed by atoms with E-state index in [2.05, 4.69) is 24.2 Å². The van der Waals surface area contributed by atoms with E-state index in [-0.39, 0.29) is 5.91 Å². The second-order valence-electron chi connectivity index (χ2n) is 4.85. The highest BCUT2D eigenvalue weighted by Gasteiger charge is 2.27. The summed E-state index contributed by atoms with van der Waals surface area (Å²) in [5.74, 6) is 0.266. The third-order valence-electron chi connectivity index (χ3n) is 3.27. The normalized spacial score (nSPS) is 28.1. The average Bonchev–Trinajstić information content (AvgIpc) is 2.97. The van der Waals surface area contributed by atoms with Crippen molar-refractivity contribution in [3.8, 4) is 0 Å². The topological polar surface area (TPSA) is 35.6 Å². The molecule has 4 heteroatoms. The van der Waals surface area contributed by atoms with E-state index in [1.54, 1.807) is 0 Å². The molecule has 0 bridgehead atoms. The van der Waals surface area contributed by atoms with E-state index in [0.29, 0.717) is 18.6 Å². The molecule has 86 valence electrons. The Balaban J connectivity index is 1.77. The lowest BCUT2D eigenvalue weighted by Gasteiger charge is -2.38. The first-order valence-electron chi connectivity index (χ1n) is 5.88. The van der Waals surface area contributed by atoms with Gasteiger partial charge < -0.3 is 15.1 Å². The molecule has 1 N–H and O–H groups in total. The summed E-state index contributed by atoms with van der Waals surface area (Å²) in [6.45, 7) is 5.53. The Kier molecular flexibility index (Phi) is 3.26. The van der Waals surface area contributed by atoms with Gasteiger partial charge in [-0.15, -0.1) is 0 Å². The summed E-state index contributed by atoms with van der Waals surface area (Å²) in [6, 6.07) is 0.981. The zero-order valence-corrected chi connectivity index (χ0v) is 9.70. The molecule has 0 aromatic carbocycles. The van der Waals surface area contributed by atoms with Crippen molar-refractivity contribution in [3.63, 3.8) is 0 Å². The van der Waals surface area contributed by atoms with Crippen LogP contribution in [0.25, 0.3) is 0 Å². The van der Waals surface area contributed by atoms with Crippen LogP contribution >= 0.6 is 0 Å². The molecule has 0 aromatic rings. The van der Waals surface area contributed by atoms with Gasteiger partial charge in [-0.1, -0.05) is 0 Å². The van der Waals surface area contributed by atoms with Gasteiger partial charge in [0.1, 0.15) is 0 Å². The number of hydrogen-bond acceptors (Lipinski definition) is 3. The second-order valence-corrected chi connectivity index (χ2v) is 4.85. The lowest BCUT2D eigenvalue weighted by molar-refractivity contribution is -0.134. The first kappa shape index (κ1) is 10.9. The van der Waals surface area contributed by atoms with Crippen molar-refractivity contribution in [1.29, 1.82) is 0 Å². The van der Waals surface area contributed by atoms with Crippen molar-refractivity contribution in [1.82, 2.24) is 15.1 Å². The summed E-state index contributed by atoms with van der Waals surface area (Å²) >= 11 is 0. The zero-order chi connectivity index (χ0) is 10.8. The molecule has 1 aliphatic carbocycles. The molecule has 1 amide bonds. The minimum atomic E-state index is 0.266. The smallest absolute Gasteiger partial charge is 0.236 e. The molecule has 1 saturated carbocycles. The van der Waals surface area contributed by atoms with Crippen molar-refractivity contribution < 1.29 is 4.79 Å². The van der Waals surface area contributed by atoms with Crippen molar-refractivity contribution in [2.45, 2.75) is 31.8 Å². The Morgan fingerprint density at radius 2 is 2.13 bits per heavy atom. The van der Waals surface area contributed by atoms with Gasteiger partial charge in [0.25, 0.3) is 0 Å². The zero-order valence-electron chi connectivity index (χ0n) is 9.70. The van der Waals surface area contributed by atoms with Gasteiger partial charge >= 0.3 is 0 Å². The highest BCUT2D eigenvalue weighted by atomic mass is 16.2. The van der Waals surface area contributed by atoms with E-state index in [1.807, 2.05) is 4.90 Å². The third-order valence-corrected chi connectivity index (χ3v) is 3.27. The number of likely N-dealkylation sites (N-methyl/N-ethyl adjacent to an activating group) is 1. The standard InChI is InChI=1S/C11H21N3O/c1-9-8-13(2)5-6-14(9)11(15)7-12-10-3-4-10/h9-10,12H,3-8H2,1-2H3. The van der Waals surface area contributed by atoms with Crippen LogP contribution < -0.4 is 5.32 Å². The maximum Gasteiger partial charge on any atom is 0.236 e. The molecule has 1 heterocycles. The number of piperazine rings is 1. The minimum Gasteiger partial charge on any atom is -0.336 e. The predicted molar refractivity (Wildman–Crippen MR) is 59.7 cm³/mol. The number of carbonyl (C=O) groups is 1. The molecular formula is C11H21N3O. The van der Waals surface area contributed by atoms with Crippen LogP contribution in [0, 0.1) is 0 Å². The Bertz CT molecular complexity index is 240. The van der Waals surface area contributed by atoms with Crippen molar-refractivity contribution >= 4 is 5.91 Å². The van der Waals surface area contributed by atoms with Crippen molar-refractivity contribution in [2.24, 2.45) is 0 Å². The lowest BCUT2D eigenvalue weighted by Crippen LogP contribution is -2.54. The summed E-state index contributed by atoms with van der Waals surface area (Å²) in [4.78, 5) is 16.2. The molecule has 0 radical (unpaired) electrons. The summed E-state index contributed by atoms with van der Waals surface area (Å²) in [5.41, 5.74) is 0. The van der Waals surface area contributed by atoms with Gasteiger partial charge in [-0.25, -0.2) is 0 Å². The SMILES string of the molecule is CC1CN(C)CCN1C(=O)CNC1CC1. The highest BCUT2D eigenvalue weighted by Crippen LogP contribution is 2.18. The molecular weight excluding hydrogens is 190 g/mol. The van der Waals surface area contributed by atoms with Gasteiger partial charge in [-0.3, -0.25) is 4.79 Å². The molecule has 2 aliphatic rings. The monoisotopic (exact) mass is 211 g/mol. The van der Waals surface area contributed by atoms with Gasteiger partial charge in [-0.05, 0) is 26.8 Å². The van der Waals surface area contributed by atoms with E-state index < -0.39 is 0 Å². The fraction of sp³-hybridized carbons (Fsp3) is 0.909. The van der Waals surface area contributed by atoms with Crippen LogP contribution in [0.1, 0.15) is 19.8 Å². The van der Waals surface area contributed by atoms with E-state index in [0.717, 1.165) is 19.6 Å². The van der Waals surface area contributed by atoms with Gasteiger partial charge in [0.15, 0.2) is 0 Å². The van der Waals surface area contributed by atoms with E-state index >= 15 is 0 Å². The summed E-state index contributed by atoms with van der Waals surface area (Å²) in [7, 11) is 2.11. The number of amides is 1. The van der Waals surface area contributed by atoms with Gasteiger partial charge in [0, 0.05) is 31.7 Å². The molecule has 2 rings (SSSR count). The highest BCUT2D eigenvalue weighted by molar-refractivity contribution is 5.78. The van der Waals surface area contributed by atoms with E-state index in [1.165, 1.54) is 12.8 Å². The second kappa shape index (κ2) is 4.49. The quantitative estimate of drug-likeness (QED) is 0.708. The number of nitrogens with one attached hydrogen (secondary N) is 1. The predicted octanol–water partition coefficient (Wildman–Crippen LogP) is -0.0991. The molecule has 0 aromatic heterocycles. The molecule has 1 atom stereocenters. The number of hydrogen-bond donors (Lipinski definition) is 1. The van der Waals surface area contributed by atoms with Gasteiger partial charge in [0.05, 0.1) is 6.54 Å². The molecule has 2 fully saturated rings. The Labute approximate surface area is 91.6 Å². The van der Waals surface area contributed by atoms with Crippen LogP contribution in [0.4, 0.5) is 0 Å². The Hall–Kier alpha value is -0.610. The number of carbonyl (C=O) groups excluding carboxylic acids is 1. The fourth-order valence-corrected chi connectivity index (χ4v) is 2.13. The first-order chi connectivity index (χ1) is 7.16. The molecule has 1 aliphatic heterocycles. The van der Waals surface area contributed by atoms with Gasteiger partial charge in [-0.2, -0.15) is 0 Å². The molecule has 0 spiro atoms. The minimum absolute atomic E-state index is 0.266. The van der Waals surface area contributed by atoms with Crippen LogP contribution in [0.5, 0.6) is 0 Å². The maximum absolute atomic E-state index is 11.9. The lowest BCUT2D eigenvalue weighted by atomic mass is 10.2. The van der Waals surface area contributed by atoms with Crippen molar-refractivity contribution in [3.05, 3.63) is 0 Å². The molecule has 1 saturated heterocycles. The van der Waals surface area contributed by atoms with Crippen LogP contribution in [-0.4, -0.2) is 61.0 Å². The summed E-state index contributed by atoms with van der Waals surface area (Å²) in [6.07, 6.45) is 2.48. The van der Waals surface area contributed by atoms with Crippen LogP contribution in [-0.2, 0) is 4.79 Å². The fourth-order valence-electron chi connectivity index (χ4n) is 2.13. The maximum atomic E-state index is 11.9. The van der Waals surface area contributed by atoms with Gasteiger partial charge in [0.2, 0.25) is 5.91 Å². The molecule has 15 heavy (non-hydrogen) atoms.